The van der Waals surface area contributed by atoms with Gasteiger partial charge in [-0.2, -0.15) is 0 Å². The van der Waals surface area contributed by atoms with Crippen LogP contribution in [0.2, 0.25) is 0 Å². The van der Waals surface area contributed by atoms with Crippen LogP contribution < -0.4 is 4.74 Å². The average Bonchev–Trinajstić information content (AvgIpc) is 3.16. The van der Waals surface area contributed by atoms with Crippen LogP contribution in [0.5, 0.6) is 5.75 Å². The van der Waals surface area contributed by atoms with E-state index in [2.05, 4.69) is 23.2 Å². The first-order valence-corrected chi connectivity index (χ1v) is 11.3. The number of aromatic nitrogens is 2. The zero-order valence-electron chi connectivity index (χ0n) is 17.1. The smallest absolute Gasteiger partial charge is 0.337 e. The Labute approximate surface area is 184 Å². The summed E-state index contributed by atoms with van der Waals surface area (Å²) in [6, 6.07) is 22.0. The molecule has 0 saturated heterocycles. The average molecular weight is 431 g/mol. The molecule has 5 nitrogen and oxygen atoms in total. The topological polar surface area (TPSA) is 64.2 Å². The van der Waals surface area contributed by atoms with Crippen LogP contribution in [0.1, 0.15) is 38.1 Å². The molecule has 3 aromatic carbocycles. The Balaban J connectivity index is 1.45. The Morgan fingerprint density at radius 3 is 2.84 bits per heavy atom. The number of thioether (sulfide) groups is 1. The maximum Gasteiger partial charge on any atom is 0.337 e. The molecule has 1 N–H and O–H groups in total. The molecule has 31 heavy (non-hydrogen) atoms. The molecule has 0 fully saturated rings. The maximum atomic E-state index is 12.1. The molecule has 0 radical (unpaired) electrons. The number of hydrogen-bond donors (Lipinski definition) is 1. The summed E-state index contributed by atoms with van der Waals surface area (Å²) in [6.07, 6.45) is 0.824. The summed E-state index contributed by atoms with van der Waals surface area (Å²) in [4.78, 5) is 20.2. The van der Waals surface area contributed by atoms with Gasteiger partial charge in [-0.05, 0) is 41.5 Å². The van der Waals surface area contributed by atoms with Crippen molar-refractivity contribution in [2.24, 2.45) is 0 Å². The van der Waals surface area contributed by atoms with Crippen LogP contribution in [0, 0.1) is 0 Å². The third kappa shape index (κ3) is 3.91. The van der Waals surface area contributed by atoms with Crippen LogP contribution >= 0.6 is 11.8 Å². The van der Waals surface area contributed by atoms with Gasteiger partial charge in [0.25, 0.3) is 0 Å². The molecular weight excluding hydrogens is 408 g/mol. The summed E-state index contributed by atoms with van der Waals surface area (Å²) in [6.45, 7) is 0.515. The van der Waals surface area contributed by atoms with Crippen LogP contribution in [0.25, 0.3) is 11.0 Å². The number of imidazole rings is 1. The molecule has 0 amide bonds. The number of para-hydroxylation sites is 2. The number of aryl methyl sites for hydroxylation is 1. The number of esters is 1. The molecule has 1 aromatic heterocycles. The van der Waals surface area contributed by atoms with Crippen molar-refractivity contribution >= 4 is 28.8 Å². The van der Waals surface area contributed by atoms with Crippen molar-refractivity contribution in [1.82, 2.24) is 9.97 Å². The number of rotatable bonds is 5. The highest BCUT2D eigenvalue weighted by atomic mass is 32.2. The largest absolute Gasteiger partial charge is 0.489 e. The first kappa shape index (κ1) is 19.7. The number of benzene rings is 3. The lowest BCUT2D eigenvalue weighted by Crippen LogP contribution is -2.05. The highest BCUT2D eigenvalue weighted by molar-refractivity contribution is 7.99. The fourth-order valence-electron chi connectivity index (χ4n) is 3.95. The van der Waals surface area contributed by atoms with Crippen molar-refractivity contribution in [3.05, 3.63) is 94.8 Å². The maximum absolute atomic E-state index is 12.1. The van der Waals surface area contributed by atoms with Crippen molar-refractivity contribution in [2.75, 3.05) is 12.9 Å². The number of aromatic amines is 1. The van der Waals surface area contributed by atoms with Gasteiger partial charge in [-0.1, -0.05) is 36.4 Å². The highest BCUT2D eigenvalue weighted by Gasteiger charge is 2.26. The van der Waals surface area contributed by atoms with Crippen LogP contribution in [0.15, 0.2) is 66.7 Å². The van der Waals surface area contributed by atoms with E-state index in [1.165, 1.54) is 18.2 Å². The van der Waals surface area contributed by atoms with E-state index in [9.17, 15) is 4.79 Å². The minimum atomic E-state index is -0.341. The Bertz CT molecular complexity index is 1220. The van der Waals surface area contributed by atoms with E-state index >= 15 is 0 Å². The number of nitrogens with one attached hydrogen (secondary N) is 1. The van der Waals surface area contributed by atoms with E-state index in [-0.39, 0.29) is 11.2 Å². The predicted molar refractivity (Wildman–Crippen MR) is 123 cm³/mol. The van der Waals surface area contributed by atoms with E-state index in [1.54, 1.807) is 6.07 Å². The summed E-state index contributed by atoms with van der Waals surface area (Å²) in [5.41, 5.74) is 5.97. The Morgan fingerprint density at radius 2 is 1.97 bits per heavy atom. The van der Waals surface area contributed by atoms with E-state index in [4.69, 9.17) is 14.5 Å². The highest BCUT2D eigenvalue weighted by Crippen LogP contribution is 2.44. The second-order valence-corrected chi connectivity index (χ2v) is 8.65. The summed E-state index contributed by atoms with van der Waals surface area (Å²) in [7, 11) is 1.40. The molecule has 5 rings (SSSR count). The van der Waals surface area contributed by atoms with E-state index < -0.39 is 0 Å². The fraction of sp³-hybridized carbons (Fsp3) is 0.200. The first-order valence-electron chi connectivity index (χ1n) is 10.2. The molecule has 1 aliphatic rings. The molecule has 156 valence electrons. The molecule has 1 unspecified atom stereocenters. The van der Waals surface area contributed by atoms with Crippen LogP contribution in [0.3, 0.4) is 0 Å². The zero-order chi connectivity index (χ0) is 21.2. The molecule has 0 bridgehead atoms. The Hall–Kier alpha value is -3.25. The molecule has 1 aliphatic heterocycles. The number of carbonyl (C=O) groups is 1. The molecular formula is C25H22N2O3S. The minimum absolute atomic E-state index is 0.0580. The van der Waals surface area contributed by atoms with Crippen molar-refractivity contribution in [1.29, 1.82) is 0 Å². The number of carbonyl (C=O) groups excluding carboxylic acids is 1. The van der Waals surface area contributed by atoms with Crippen LogP contribution in [-0.4, -0.2) is 28.8 Å². The second-order valence-electron chi connectivity index (χ2n) is 7.43. The summed E-state index contributed by atoms with van der Waals surface area (Å²) >= 11 is 1.84. The summed E-state index contributed by atoms with van der Waals surface area (Å²) in [5, 5.41) is 0.0580. The number of fused-ring (bicyclic) bond motifs is 3. The van der Waals surface area contributed by atoms with Crippen molar-refractivity contribution in [3.63, 3.8) is 0 Å². The van der Waals surface area contributed by atoms with Gasteiger partial charge in [0.05, 0.1) is 29.0 Å². The van der Waals surface area contributed by atoms with E-state index in [1.807, 2.05) is 54.2 Å². The predicted octanol–water partition coefficient (Wildman–Crippen LogP) is 5.31. The van der Waals surface area contributed by atoms with Gasteiger partial charge in [0.1, 0.15) is 18.2 Å². The van der Waals surface area contributed by atoms with Gasteiger partial charge in [-0.25, -0.2) is 9.78 Å². The van der Waals surface area contributed by atoms with Gasteiger partial charge in [0.2, 0.25) is 0 Å². The van der Waals surface area contributed by atoms with Gasteiger partial charge in [-0.3, -0.25) is 0 Å². The summed E-state index contributed by atoms with van der Waals surface area (Å²) in [5.74, 6) is 2.33. The number of ether oxygens (including phenoxy) is 2. The van der Waals surface area contributed by atoms with Gasteiger partial charge >= 0.3 is 5.97 Å². The van der Waals surface area contributed by atoms with Gasteiger partial charge < -0.3 is 14.5 Å². The lowest BCUT2D eigenvalue weighted by molar-refractivity contribution is 0.0600. The zero-order valence-corrected chi connectivity index (χ0v) is 17.9. The SMILES string of the molecule is COC(=O)c1ccc2c(c1)C(SCCc1nc3ccccc3[nH]1)c1ccccc1CO2. The van der Waals surface area contributed by atoms with E-state index in [0.717, 1.165) is 40.3 Å². The third-order valence-electron chi connectivity index (χ3n) is 5.50. The number of methoxy groups -OCH3 is 1. The van der Waals surface area contributed by atoms with Gasteiger partial charge in [0.15, 0.2) is 0 Å². The Kier molecular flexibility index (Phi) is 5.38. The monoisotopic (exact) mass is 430 g/mol. The lowest BCUT2D eigenvalue weighted by atomic mass is 9.98. The van der Waals surface area contributed by atoms with Crippen molar-refractivity contribution in [3.8, 4) is 5.75 Å². The lowest BCUT2D eigenvalue weighted by Gasteiger charge is -2.19. The Morgan fingerprint density at radius 1 is 1.13 bits per heavy atom. The van der Waals surface area contributed by atoms with Crippen LogP contribution in [0.4, 0.5) is 0 Å². The number of nitrogens with zero attached hydrogens (tertiary/aromatic N) is 1. The molecule has 0 saturated carbocycles. The standard InChI is InChI=1S/C25H22N2O3S/c1-29-25(28)16-10-11-22-19(14-16)24(18-7-3-2-6-17(18)15-30-22)31-13-12-23-26-20-8-4-5-9-21(20)27-23/h2-11,14,24H,12-13,15H2,1H3,(H,26,27). The van der Waals surface area contributed by atoms with Gasteiger partial charge in [0, 0.05) is 17.7 Å². The number of hydrogen-bond acceptors (Lipinski definition) is 5. The quantitative estimate of drug-likeness (QED) is 0.435. The molecule has 0 spiro atoms. The summed E-state index contributed by atoms with van der Waals surface area (Å²) < 4.78 is 11.0. The van der Waals surface area contributed by atoms with Crippen LogP contribution in [-0.2, 0) is 17.8 Å². The molecule has 1 atom stereocenters. The second kappa shape index (κ2) is 8.47. The van der Waals surface area contributed by atoms with E-state index in [0.29, 0.717) is 12.2 Å². The molecule has 0 aliphatic carbocycles. The van der Waals surface area contributed by atoms with Gasteiger partial charge in [-0.15, -0.1) is 11.8 Å². The normalized spacial score (nSPS) is 14.9. The fourth-order valence-corrected chi connectivity index (χ4v) is 5.27. The molecule has 2 heterocycles. The third-order valence-corrected chi connectivity index (χ3v) is 6.78. The number of H-pyrrole nitrogens is 1. The molecule has 6 heteroatoms. The first-order chi connectivity index (χ1) is 15.2. The van der Waals surface area contributed by atoms with Crippen molar-refractivity contribution in [2.45, 2.75) is 18.3 Å². The minimum Gasteiger partial charge on any atom is -0.489 e. The molecule has 4 aromatic rings. The van der Waals surface area contributed by atoms with Crippen molar-refractivity contribution < 1.29 is 14.3 Å².